The molecule has 1 N–H and O–H groups in total. The van der Waals surface area contributed by atoms with Crippen LogP contribution in [0.4, 0.5) is 5.69 Å². The van der Waals surface area contributed by atoms with Crippen LogP contribution in [0.15, 0.2) is 23.2 Å². The van der Waals surface area contributed by atoms with Gasteiger partial charge < -0.3 is 5.11 Å². The Morgan fingerprint density at radius 2 is 2.33 bits per heavy atom. The summed E-state index contributed by atoms with van der Waals surface area (Å²) in [7, 11) is 0. The largest absolute Gasteiger partial charge is 0.507 e. The van der Waals surface area contributed by atoms with Gasteiger partial charge in [0.05, 0.1) is 10.5 Å². The van der Waals surface area contributed by atoms with Crippen molar-refractivity contribution >= 4 is 22.5 Å². The van der Waals surface area contributed by atoms with Gasteiger partial charge in [-0.3, -0.25) is 15.1 Å². The van der Waals surface area contributed by atoms with E-state index in [1.54, 1.807) is 0 Å². The van der Waals surface area contributed by atoms with Gasteiger partial charge in [0.2, 0.25) is 0 Å². The molecule has 1 aliphatic heterocycles. The smallest absolute Gasteiger partial charge is 0.270 e. The maximum absolute atomic E-state index is 10.6. The molecular formula is C9H8N2O3S. The fraction of sp³-hybridized carbons (Fsp3) is 0.222. The molecule has 0 saturated heterocycles. The lowest BCUT2D eigenvalue weighted by Gasteiger charge is -2.02. The third-order valence-electron chi connectivity index (χ3n) is 2.01. The van der Waals surface area contributed by atoms with Crippen molar-refractivity contribution in [2.75, 3.05) is 12.3 Å². The van der Waals surface area contributed by atoms with Gasteiger partial charge in [-0.2, -0.15) is 0 Å². The predicted molar refractivity (Wildman–Crippen MR) is 58.6 cm³/mol. The molecule has 1 aromatic carbocycles. The number of non-ortho nitro benzene ring substituents is 1. The van der Waals surface area contributed by atoms with Crippen molar-refractivity contribution in [3.05, 3.63) is 33.9 Å². The van der Waals surface area contributed by atoms with E-state index in [1.165, 1.54) is 30.0 Å². The molecule has 0 aliphatic carbocycles. The zero-order valence-electron chi connectivity index (χ0n) is 7.71. The van der Waals surface area contributed by atoms with Gasteiger partial charge in [0.25, 0.3) is 5.69 Å². The molecule has 0 amide bonds. The van der Waals surface area contributed by atoms with Crippen molar-refractivity contribution in [1.82, 2.24) is 0 Å². The predicted octanol–water partition coefficient (Wildman–Crippen LogP) is 1.79. The Morgan fingerprint density at radius 3 is 2.93 bits per heavy atom. The minimum atomic E-state index is -0.483. The Balaban J connectivity index is 2.45. The lowest BCUT2D eigenvalue weighted by Crippen LogP contribution is -1.95. The summed E-state index contributed by atoms with van der Waals surface area (Å²) < 4.78 is 0. The highest BCUT2D eigenvalue weighted by Crippen LogP contribution is 2.29. The van der Waals surface area contributed by atoms with Crippen LogP contribution in [0.1, 0.15) is 5.56 Å². The van der Waals surface area contributed by atoms with E-state index in [-0.39, 0.29) is 11.4 Å². The lowest BCUT2D eigenvalue weighted by molar-refractivity contribution is -0.384. The lowest BCUT2D eigenvalue weighted by atomic mass is 10.2. The average Bonchev–Trinajstić information content (AvgIpc) is 2.71. The summed E-state index contributed by atoms with van der Waals surface area (Å²) >= 11 is 1.50. The summed E-state index contributed by atoms with van der Waals surface area (Å²) in [6, 6.07) is 3.96. The SMILES string of the molecule is O=[N+]([O-])c1ccc(O)c(C2=NCCS2)c1. The number of nitrogens with zero attached hydrogens (tertiary/aromatic N) is 2. The standard InChI is InChI=1S/C9H8N2O3S/c12-8-2-1-6(11(13)14)5-7(8)9-10-3-4-15-9/h1-2,5,12H,3-4H2. The molecular weight excluding hydrogens is 216 g/mol. The second-order valence-electron chi connectivity index (χ2n) is 2.99. The number of hydrogen-bond donors (Lipinski definition) is 1. The van der Waals surface area contributed by atoms with Crippen molar-refractivity contribution in [2.45, 2.75) is 0 Å². The van der Waals surface area contributed by atoms with Crippen molar-refractivity contribution in [3.63, 3.8) is 0 Å². The molecule has 6 heteroatoms. The molecule has 2 rings (SSSR count). The number of nitro benzene ring substituents is 1. The molecule has 1 heterocycles. The molecule has 0 unspecified atom stereocenters. The van der Waals surface area contributed by atoms with Crippen molar-refractivity contribution in [2.24, 2.45) is 4.99 Å². The monoisotopic (exact) mass is 224 g/mol. The Hall–Kier alpha value is -1.56. The van der Waals surface area contributed by atoms with E-state index in [4.69, 9.17) is 0 Å². The zero-order chi connectivity index (χ0) is 10.8. The third kappa shape index (κ3) is 1.94. The quantitative estimate of drug-likeness (QED) is 0.613. The second-order valence-corrected chi connectivity index (χ2v) is 4.08. The van der Waals surface area contributed by atoms with Gasteiger partial charge in [0.1, 0.15) is 10.8 Å². The molecule has 15 heavy (non-hydrogen) atoms. The molecule has 78 valence electrons. The molecule has 0 atom stereocenters. The summed E-state index contributed by atoms with van der Waals surface area (Å²) in [5, 5.41) is 20.8. The molecule has 0 aromatic heterocycles. The van der Waals surface area contributed by atoms with E-state index in [2.05, 4.69) is 4.99 Å². The summed E-state index contributed by atoms with van der Waals surface area (Å²) in [4.78, 5) is 14.2. The van der Waals surface area contributed by atoms with E-state index in [0.29, 0.717) is 17.2 Å². The van der Waals surface area contributed by atoms with Crippen LogP contribution in [0, 0.1) is 10.1 Å². The van der Waals surface area contributed by atoms with Gasteiger partial charge in [-0.15, -0.1) is 11.8 Å². The summed E-state index contributed by atoms with van der Waals surface area (Å²) in [5.41, 5.74) is 0.421. The Bertz CT molecular complexity index is 445. The minimum Gasteiger partial charge on any atom is -0.507 e. The molecule has 0 radical (unpaired) electrons. The second kappa shape index (κ2) is 3.90. The average molecular weight is 224 g/mol. The Kier molecular flexibility index (Phi) is 2.59. The van der Waals surface area contributed by atoms with Crippen LogP contribution in [0.25, 0.3) is 0 Å². The molecule has 0 saturated carbocycles. The maximum Gasteiger partial charge on any atom is 0.270 e. The van der Waals surface area contributed by atoms with Crippen molar-refractivity contribution in [1.29, 1.82) is 0 Å². The molecule has 0 bridgehead atoms. The number of nitro groups is 1. The Labute approximate surface area is 90.0 Å². The summed E-state index contributed by atoms with van der Waals surface area (Å²) in [6.07, 6.45) is 0. The van der Waals surface area contributed by atoms with E-state index < -0.39 is 4.92 Å². The number of thioether (sulfide) groups is 1. The highest BCUT2D eigenvalue weighted by Gasteiger charge is 2.17. The number of rotatable bonds is 2. The number of benzene rings is 1. The van der Waals surface area contributed by atoms with Gasteiger partial charge in [-0.1, -0.05) is 0 Å². The molecule has 1 aromatic rings. The fourth-order valence-corrected chi connectivity index (χ4v) is 2.18. The van der Waals surface area contributed by atoms with Crippen molar-refractivity contribution < 1.29 is 10.0 Å². The van der Waals surface area contributed by atoms with Crippen LogP contribution in [-0.4, -0.2) is 27.4 Å². The number of aromatic hydroxyl groups is 1. The first-order valence-electron chi connectivity index (χ1n) is 4.33. The van der Waals surface area contributed by atoms with Crippen LogP contribution in [0.2, 0.25) is 0 Å². The van der Waals surface area contributed by atoms with Gasteiger partial charge in [-0.05, 0) is 6.07 Å². The van der Waals surface area contributed by atoms with Gasteiger partial charge in [0.15, 0.2) is 0 Å². The van der Waals surface area contributed by atoms with Gasteiger partial charge in [-0.25, -0.2) is 0 Å². The molecule has 0 fully saturated rings. The van der Waals surface area contributed by atoms with Gasteiger partial charge in [0, 0.05) is 24.4 Å². The molecule has 5 nitrogen and oxygen atoms in total. The summed E-state index contributed by atoms with van der Waals surface area (Å²) in [5.74, 6) is 0.894. The van der Waals surface area contributed by atoms with Crippen LogP contribution >= 0.6 is 11.8 Å². The van der Waals surface area contributed by atoms with E-state index in [0.717, 1.165) is 5.75 Å². The van der Waals surface area contributed by atoms with Crippen molar-refractivity contribution in [3.8, 4) is 5.75 Å². The summed E-state index contributed by atoms with van der Waals surface area (Å²) in [6.45, 7) is 0.697. The number of aliphatic imine (C=N–C) groups is 1. The third-order valence-corrected chi connectivity index (χ3v) is 3.02. The number of phenolic OH excluding ortho intramolecular Hbond substituents is 1. The fourth-order valence-electron chi connectivity index (χ4n) is 1.31. The topological polar surface area (TPSA) is 75.7 Å². The van der Waals surface area contributed by atoms with Crippen LogP contribution in [0.3, 0.4) is 0 Å². The van der Waals surface area contributed by atoms with E-state index in [1.807, 2.05) is 0 Å². The highest BCUT2D eigenvalue weighted by molar-refractivity contribution is 8.14. The van der Waals surface area contributed by atoms with E-state index in [9.17, 15) is 15.2 Å². The number of hydrogen-bond acceptors (Lipinski definition) is 5. The highest BCUT2D eigenvalue weighted by atomic mass is 32.2. The van der Waals surface area contributed by atoms with Crippen LogP contribution in [-0.2, 0) is 0 Å². The maximum atomic E-state index is 10.6. The first kappa shape index (κ1) is 9.97. The molecule has 0 spiro atoms. The zero-order valence-corrected chi connectivity index (χ0v) is 8.53. The minimum absolute atomic E-state index is 0.0296. The van der Waals surface area contributed by atoms with Crippen LogP contribution in [0.5, 0.6) is 5.75 Å². The van der Waals surface area contributed by atoms with Crippen LogP contribution < -0.4 is 0 Å². The first-order chi connectivity index (χ1) is 7.18. The van der Waals surface area contributed by atoms with Gasteiger partial charge >= 0.3 is 0 Å². The first-order valence-corrected chi connectivity index (χ1v) is 5.32. The Morgan fingerprint density at radius 1 is 1.53 bits per heavy atom. The normalized spacial score (nSPS) is 15.1. The number of phenols is 1. The van der Waals surface area contributed by atoms with E-state index >= 15 is 0 Å². The molecule has 1 aliphatic rings.